The summed E-state index contributed by atoms with van der Waals surface area (Å²) in [6.45, 7) is 3.89. The van der Waals surface area contributed by atoms with Gasteiger partial charge in [-0.25, -0.2) is 0 Å². The van der Waals surface area contributed by atoms with E-state index in [1.54, 1.807) is 13.0 Å². The van der Waals surface area contributed by atoms with E-state index in [-0.39, 0.29) is 5.91 Å². The van der Waals surface area contributed by atoms with Crippen LogP contribution in [-0.4, -0.2) is 23.2 Å². The van der Waals surface area contributed by atoms with Gasteiger partial charge >= 0.3 is 0 Å². The monoisotopic (exact) mass is 213 g/mol. The molecule has 78 valence electrons. The van der Waals surface area contributed by atoms with E-state index in [1.807, 2.05) is 18.4 Å². The van der Waals surface area contributed by atoms with Crippen LogP contribution in [0.15, 0.2) is 17.5 Å². The van der Waals surface area contributed by atoms with Crippen LogP contribution in [0.1, 0.15) is 29.9 Å². The van der Waals surface area contributed by atoms with Gasteiger partial charge in [-0.2, -0.15) is 0 Å². The Morgan fingerprint density at radius 3 is 2.93 bits per heavy atom. The number of carbonyl (C=O) groups excluding carboxylic acids is 1. The predicted molar refractivity (Wildman–Crippen MR) is 57.6 cm³/mol. The smallest absolute Gasteiger partial charge is 0.261 e. The van der Waals surface area contributed by atoms with Gasteiger partial charge in [-0.3, -0.25) is 4.79 Å². The molecule has 1 aromatic rings. The van der Waals surface area contributed by atoms with Gasteiger partial charge in [0.25, 0.3) is 5.91 Å². The van der Waals surface area contributed by atoms with Crippen molar-refractivity contribution in [2.45, 2.75) is 25.9 Å². The highest BCUT2D eigenvalue weighted by Crippen LogP contribution is 2.10. The van der Waals surface area contributed by atoms with Gasteiger partial charge in [-0.05, 0) is 24.8 Å². The molecule has 1 rings (SSSR count). The van der Waals surface area contributed by atoms with Crippen molar-refractivity contribution >= 4 is 17.2 Å². The Bertz CT molecular complexity index is 293. The number of amides is 1. The third-order valence-corrected chi connectivity index (χ3v) is 3.01. The molecule has 0 saturated carbocycles. The second kappa shape index (κ2) is 4.57. The maximum absolute atomic E-state index is 11.5. The largest absolute Gasteiger partial charge is 0.388 e. The molecule has 1 atom stereocenters. The minimum Gasteiger partial charge on any atom is -0.388 e. The molecule has 1 unspecified atom stereocenters. The van der Waals surface area contributed by atoms with Crippen LogP contribution in [-0.2, 0) is 0 Å². The molecule has 0 aromatic carbocycles. The number of rotatable bonds is 4. The Kier molecular flexibility index (Phi) is 3.66. The van der Waals surface area contributed by atoms with Gasteiger partial charge in [0.05, 0.1) is 10.5 Å². The Balaban J connectivity index is 2.43. The van der Waals surface area contributed by atoms with Crippen LogP contribution >= 0.6 is 11.3 Å². The van der Waals surface area contributed by atoms with E-state index < -0.39 is 5.60 Å². The summed E-state index contributed by atoms with van der Waals surface area (Å²) < 4.78 is 0. The summed E-state index contributed by atoms with van der Waals surface area (Å²) >= 11 is 1.40. The van der Waals surface area contributed by atoms with Crippen molar-refractivity contribution < 1.29 is 9.90 Å². The lowest BCUT2D eigenvalue weighted by Gasteiger charge is -2.21. The first-order chi connectivity index (χ1) is 6.55. The Hall–Kier alpha value is -0.870. The van der Waals surface area contributed by atoms with Crippen LogP contribution in [0.3, 0.4) is 0 Å². The van der Waals surface area contributed by atoms with Crippen LogP contribution in [0.25, 0.3) is 0 Å². The predicted octanol–water partition coefficient (Wildman–Crippen LogP) is 1.64. The molecule has 0 aliphatic rings. The van der Waals surface area contributed by atoms with Crippen molar-refractivity contribution in [3.8, 4) is 0 Å². The fourth-order valence-electron chi connectivity index (χ4n) is 0.891. The Morgan fingerprint density at radius 2 is 2.43 bits per heavy atom. The van der Waals surface area contributed by atoms with E-state index in [0.29, 0.717) is 17.8 Å². The van der Waals surface area contributed by atoms with E-state index in [4.69, 9.17) is 0 Å². The molecule has 14 heavy (non-hydrogen) atoms. The molecule has 4 heteroatoms. The first-order valence-electron chi connectivity index (χ1n) is 4.59. The van der Waals surface area contributed by atoms with Crippen LogP contribution in [0.2, 0.25) is 0 Å². The number of aliphatic hydroxyl groups is 1. The number of carbonyl (C=O) groups is 1. The van der Waals surface area contributed by atoms with Gasteiger partial charge in [0.1, 0.15) is 0 Å². The molecule has 3 nitrogen and oxygen atoms in total. The molecule has 1 aromatic heterocycles. The molecule has 1 heterocycles. The highest BCUT2D eigenvalue weighted by atomic mass is 32.1. The number of thiophene rings is 1. The standard InChI is InChI=1S/C10H15NO2S/c1-3-10(2,13)7-11-9(12)8-5-4-6-14-8/h4-6,13H,3,7H2,1-2H3,(H,11,12). The fraction of sp³-hybridized carbons (Fsp3) is 0.500. The quantitative estimate of drug-likeness (QED) is 0.798. The molecule has 1 amide bonds. The molecule has 0 aliphatic heterocycles. The van der Waals surface area contributed by atoms with Crippen LogP contribution in [0, 0.1) is 0 Å². The van der Waals surface area contributed by atoms with Gasteiger partial charge in [-0.15, -0.1) is 11.3 Å². The maximum atomic E-state index is 11.5. The molecule has 0 spiro atoms. The zero-order valence-corrected chi connectivity index (χ0v) is 9.23. The topological polar surface area (TPSA) is 49.3 Å². The van der Waals surface area contributed by atoms with Crippen LogP contribution in [0.5, 0.6) is 0 Å². The zero-order valence-electron chi connectivity index (χ0n) is 8.41. The van der Waals surface area contributed by atoms with Gasteiger partial charge < -0.3 is 10.4 Å². The molecule has 0 fully saturated rings. The van der Waals surface area contributed by atoms with E-state index in [0.717, 1.165) is 0 Å². The van der Waals surface area contributed by atoms with Crippen molar-refractivity contribution in [1.82, 2.24) is 5.32 Å². The van der Waals surface area contributed by atoms with Crippen molar-refractivity contribution in [3.05, 3.63) is 22.4 Å². The van der Waals surface area contributed by atoms with Crippen molar-refractivity contribution in [2.75, 3.05) is 6.54 Å². The normalized spacial score (nSPS) is 14.8. The molecule has 0 saturated heterocycles. The van der Waals surface area contributed by atoms with Crippen molar-refractivity contribution in [3.63, 3.8) is 0 Å². The summed E-state index contributed by atoms with van der Waals surface area (Å²) in [4.78, 5) is 12.1. The fourth-order valence-corrected chi connectivity index (χ4v) is 1.53. The summed E-state index contributed by atoms with van der Waals surface area (Å²) in [7, 11) is 0. The van der Waals surface area contributed by atoms with Gasteiger partial charge in [0.2, 0.25) is 0 Å². The lowest BCUT2D eigenvalue weighted by atomic mass is 10.0. The highest BCUT2D eigenvalue weighted by Gasteiger charge is 2.18. The molecule has 0 radical (unpaired) electrons. The number of hydrogen-bond donors (Lipinski definition) is 2. The minimum atomic E-state index is -0.813. The SMILES string of the molecule is CCC(C)(O)CNC(=O)c1cccs1. The van der Waals surface area contributed by atoms with Crippen LogP contribution < -0.4 is 5.32 Å². The summed E-state index contributed by atoms with van der Waals surface area (Å²) in [6, 6.07) is 3.60. The Labute approximate surface area is 87.8 Å². The third-order valence-electron chi connectivity index (χ3n) is 2.14. The first kappa shape index (κ1) is 11.2. The van der Waals surface area contributed by atoms with Gasteiger partial charge in [0, 0.05) is 6.54 Å². The van der Waals surface area contributed by atoms with Gasteiger partial charge in [0.15, 0.2) is 0 Å². The van der Waals surface area contributed by atoms with E-state index >= 15 is 0 Å². The summed E-state index contributed by atoms with van der Waals surface area (Å²) in [5.74, 6) is -0.117. The molecule has 0 aliphatic carbocycles. The van der Waals surface area contributed by atoms with E-state index in [9.17, 15) is 9.90 Å². The summed E-state index contributed by atoms with van der Waals surface area (Å²) in [5.41, 5.74) is -0.813. The molecule has 0 bridgehead atoms. The van der Waals surface area contributed by atoms with E-state index in [1.165, 1.54) is 11.3 Å². The van der Waals surface area contributed by atoms with E-state index in [2.05, 4.69) is 5.32 Å². The molecular formula is C10H15NO2S. The number of nitrogens with one attached hydrogen (secondary N) is 1. The second-order valence-corrected chi connectivity index (χ2v) is 4.46. The minimum absolute atomic E-state index is 0.117. The van der Waals surface area contributed by atoms with Crippen molar-refractivity contribution in [1.29, 1.82) is 0 Å². The zero-order chi connectivity index (χ0) is 10.6. The summed E-state index contributed by atoms with van der Waals surface area (Å²) in [5, 5.41) is 14.2. The first-order valence-corrected chi connectivity index (χ1v) is 5.47. The molecule has 2 N–H and O–H groups in total. The summed E-state index contributed by atoms with van der Waals surface area (Å²) in [6.07, 6.45) is 0.623. The van der Waals surface area contributed by atoms with Crippen molar-refractivity contribution in [2.24, 2.45) is 0 Å². The average Bonchev–Trinajstić information content (AvgIpc) is 2.67. The highest BCUT2D eigenvalue weighted by molar-refractivity contribution is 7.12. The Morgan fingerprint density at radius 1 is 1.71 bits per heavy atom. The second-order valence-electron chi connectivity index (χ2n) is 3.51. The maximum Gasteiger partial charge on any atom is 0.261 e. The molecular weight excluding hydrogens is 198 g/mol. The average molecular weight is 213 g/mol. The van der Waals surface area contributed by atoms with Gasteiger partial charge in [-0.1, -0.05) is 13.0 Å². The number of hydrogen-bond acceptors (Lipinski definition) is 3. The van der Waals surface area contributed by atoms with Crippen LogP contribution in [0.4, 0.5) is 0 Å². The lowest BCUT2D eigenvalue weighted by Crippen LogP contribution is -2.39. The third kappa shape index (κ3) is 3.12. The lowest BCUT2D eigenvalue weighted by molar-refractivity contribution is 0.0519.